The number of benzene rings is 2. The Bertz CT molecular complexity index is 1220. The highest BCUT2D eigenvalue weighted by Gasteiger charge is 2.46. The lowest BCUT2D eigenvalue weighted by molar-refractivity contribution is 0.174. The molecular formula is C28H32Cl3N3O3. The summed E-state index contributed by atoms with van der Waals surface area (Å²) in [5.74, 6) is 2.37. The zero-order chi connectivity index (χ0) is 25.7. The Balaban J connectivity index is 1.46. The first-order chi connectivity index (χ1) is 17.9. The van der Waals surface area contributed by atoms with Gasteiger partial charge >= 0.3 is 0 Å². The lowest BCUT2D eigenvalue weighted by Gasteiger charge is -2.47. The normalized spacial score (nSPS) is 20.8. The number of anilines is 1. The highest BCUT2D eigenvalue weighted by Crippen LogP contribution is 2.56. The molecule has 6 rings (SSSR count). The number of alkyl halides is 3. The zero-order valence-corrected chi connectivity index (χ0v) is 23.5. The Morgan fingerprint density at radius 2 is 1.78 bits per heavy atom. The Hall–Kier alpha value is -1.99. The summed E-state index contributed by atoms with van der Waals surface area (Å²) in [6.07, 6.45) is 5.48. The summed E-state index contributed by atoms with van der Waals surface area (Å²) in [7, 11) is 1.72. The molecule has 1 atom stereocenters. The van der Waals surface area contributed by atoms with Gasteiger partial charge in [0.1, 0.15) is 11.8 Å². The third kappa shape index (κ3) is 4.50. The first kappa shape index (κ1) is 25.3. The highest BCUT2D eigenvalue weighted by molar-refractivity contribution is 6.68. The summed E-state index contributed by atoms with van der Waals surface area (Å²) < 4.78 is 15.7. The van der Waals surface area contributed by atoms with Crippen LogP contribution in [0, 0.1) is 0 Å². The number of methoxy groups -OCH3 is 1. The van der Waals surface area contributed by atoms with Crippen molar-refractivity contribution >= 4 is 52.3 Å². The average molecular weight is 565 g/mol. The summed E-state index contributed by atoms with van der Waals surface area (Å²) in [5.41, 5.74) is 6.48. The molecule has 1 fully saturated rings. The number of hydrogen-bond acceptors (Lipinski definition) is 6. The largest absolute Gasteiger partial charge is 0.495 e. The second-order valence-electron chi connectivity index (χ2n) is 10.1. The second-order valence-corrected chi connectivity index (χ2v) is 12.5. The van der Waals surface area contributed by atoms with Gasteiger partial charge in [0.15, 0.2) is 11.5 Å². The number of halogens is 3. The Labute approximate surface area is 233 Å². The van der Waals surface area contributed by atoms with Crippen LogP contribution in [0.15, 0.2) is 24.3 Å². The minimum atomic E-state index is -1.55. The topological polar surface area (TPSA) is 37.4 Å². The minimum Gasteiger partial charge on any atom is -0.495 e. The van der Waals surface area contributed by atoms with Crippen molar-refractivity contribution in [3.05, 3.63) is 46.5 Å². The number of unbranched alkanes of at least 4 members (excludes halogenated alkanes) is 1. The molecule has 0 bridgehead atoms. The van der Waals surface area contributed by atoms with Gasteiger partial charge in [-0.25, -0.2) is 0 Å². The fourth-order valence-corrected chi connectivity index (χ4v) is 6.78. The quantitative estimate of drug-likeness (QED) is 0.407. The van der Waals surface area contributed by atoms with E-state index in [4.69, 9.17) is 49.0 Å². The standard InChI is InChI=1S/C28H32Cl3N3O3/c1-3-4-8-32-10-12-33(13-11-32)26-22(35-2)6-5-19-14-21-20-16-24-23(36-17-37-24)15-18(20)7-9-34(21)27(25(19)26)28(29,30)31/h5-6,14-16,27H,3-4,7-13,17H2,1-2H3/t27-/m1/s1. The second kappa shape index (κ2) is 9.96. The monoisotopic (exact) mass is 563 g/mol. The van der Waals surface area contributed by atoms with Crippen LogP contribution in [0.4, 0.5) is 5.69 Å². The molecule has 0 aliphatic carbocycles. The third-order valence-corrected chi connectivity index (χ3v) is 8.56. The summed E-state index contributed by atoms with van der Waals surface area (Å²) in [6, 6.07) is 7.82. The first-order valence-electron chi connectivity index (χ1n) is 13.0. The van der Waals surface area contributed by atoms with Crippen LogP contribution in [0.25, 0.3) is 11.8 Å². The molecule has 4 aliphatic rings. The van der Waals surface area contributed by atoms with E-state index in [1.165, 1.54) is 18.4 Å². The van der Waals surface area contributed by atoms with Crippen LogP contribution in [0.5, 0.6) is 17.2 Å². The third-order valence-electron chi connectivity index (χ3n) is 7.94. The van der Waals surface area contributed by atoms with E-state index in [0.29, 0.717) is 0 Å². The smallest absolute Gasteiger partial charge is 0.231 e. The molecule has 37 heavy (non-hydrogen) atoms. The maximum absolute atomic E-state index is 6.82. The van der Waals surface area contributed by atoms with E-state index < -0.39 is 9.83 Å². The van der Waals surface area contributed by atoms with E-state index in [0.717, 1.165) is 91.0 Å². The van der Waals surface area contributed by atoms with Crippen molar-refractivity contribution in [2.45, 2.75) is 36.0 Å². The molecule has 0 unspecified atom stereocenters. The van der Waals surface area contributed by atoms with Crippen LogP contribution in [0.1, 0.15) is 48.1 Å². The molecule has 0 saturated carbocycles. The predicted molar refractivity (Wildman–Crippen MR) is 150 cm³/mol. The average Bonchev–Trinajstić information content (AvgIpc) is 3.36. The van der Waals surface area contributed by atoms with E-state index in [1.807, 2.05) is 6.07 Å². The van der Waals surface area contributed by atoms with Crippen molar-refractivity contribution in [3.8, 4) is 17.2 Å². The first-order valence-corrected chi connectivity index (χ1v) is 14.2. The lowest BCUT2D eigenvalue weighted by Crippen LogP contribution is -2.48. The van der Waals surface area contributed by atoms with Crippen molar-refractivity contribution in [2.75, 3.05) is 58.1 Å². The molecule has 0 radical (unpaired) electrons. The Morgan fingerprint density at radius 1 is 1.03 bits per heavy atom. The number of piperazine rings is 1. The molecule has 1 saturated heterocycles. The number of fused-ring (bicyclic) bond motifs is 5. The molecule has 0 aromatic heterocycles. The van der Waals surface area contributed by atoms with Crippen LogP contribution >= 0.6 is 34.8 Å². The molecule has 9 heteroatoms. The summed E-state index contributed by atoms with van der Waals surface area (Å²) in [5, 5.41) is 0. The van der Waals surface area contributed by atoms with Crippen LogP contribution in [0.3, 0.4) is 0 Å². The van der Waals surface area contributed by atoms with E-state index >= 15 is 0 Å². The number of nitrogens with zero attached hydrogens (tertiary/aromatic N) is 3. The van der Waals surface area contributed by atoms with Crippen LogP contribution < -0.4 is 19.1 Å². The van der Waals surface area contributed by atoms with Gasteiger partial charge in [0.2, 0.25) is 10.6 Å². The molecule has 2 aromatic carbocycles. The van der Waals surface area contributed by atoms with E-state index in [9.17, 15) is 0 Å². The van der Waals surface area contributed by atoms with Crippen molar-refractivity contribution in [1.82, 2.24) is 9.80 Å². The van der Waals surface area contributed by atoms with Gasteiger partial charge in [-0.15, -0.1) is 0 Å². The predicted octanol–water partition coefficient (Wildman–Crippen LogP) is 6.13. The van der Waals surface area contributed by atoms with Gasteiger partial charge in [0.25, 0.3) is 0 Å². The fourth-order valence-electron chi connectivity index (χ4n) is 6.10. The van der Waals surface area contributed by atoms with Crippen molar-refractivity contribution < 1.29 is 14.2 Å². The van der Waals surface area contributed by atoms with Gasteiger partial charge in [0.05, 0.1) is 12.8 Å². The van der Waals surface area contributed by atoms with E-state index in [-0.39, 0.29) is 6.79 Å². The summed E-state index contributed by atoms with van der Waals surface area (Å²) in [6.45, 7) is 8.20. The van der Waals surface area contributed by atoms with Crippen LogP contribution in [-0.2, 0) is 6.42 Å². The molecule has 0 spiro atoms. The molecule has 2 aromatic rings. The SMILES string of the molecule is CCCCN1CCN(c2c(OC)ccc3c2[C@H](C(Cl)(Cl)Cl)N2CCc4cc5c(cc4C2=C3)OCO5)CC1. The Morgan fingerprint density at radius 3 is 2.49 bits per heavy atom. The molecule has 0 N–H and O–H groups in total. The molecule has 6 nitrogen and oxygen atoms in total. The summed E-state index contributed by atoms with van der Waals surface area (Å²) in [4.78, 5) is 7.21. The van der Waals surface area contributed by atoms with Gasteiger partial charge in [-0.05, 0) is 54.8 Å². The molecule has 198 valence electrons. The van der Waals surface area contributed by atoms with Crippen molar-refractivity contribution in [2.24, 2.45) is 0 Å². The summed E-state index contributed by atoms with van der Waals surface area (Å²) >= 11 is 20.5. The van der Waals surface area contributed by atoms with Crippen LogP contribution in [-0.4, -0.2) is 66.8 Å². The Kier molecular flexibility index (Phi) is 6.81. The number of hydrogen-bond donors (Lipinski definition) is 0. The number of rotatable bonds is 5. The lowest BCUT2D eigenvalue weighted by atomic mass is 9.85. The van der Waals surface area contributed by atoms with Crippen molar-refractivity contribution in [1.29, 1.82) is 0 Å². The molecule has 4 aliphatic heterocycles. The highest BCUT2D eigenvalue weighted by atomic mass is 35.6. The van der Waals surface area contributed by atoms with Gasteiger partial charge in [0, 0.05) is 49.5 Å². The van der Waals surface area contributed by atoms with Gasteiger partial charge in [-0.1, -0.05) is 54.2 Å². The van der Waals surface area contributed by atoms with Gasteiger partial charge in [-0.2, -0.15) is 0 Å². The molecule has 0 amide bonds. The van der Waals surface area contributed by atoms with Crippen molar-refractivity contribution in [3.63, 3.8) is 0 Å². The molecular weight excluding hydrogens is 533 g/mol. The van der Waals surface area contributed by atoms with Gasteiger partial charge < -0.3 is 24.0 Å². The molecule has 4 heterocycles. The maximum Gasteiger partial charge on any atom is 0.231 e. The van der Waals surface area contributed by atoms with E-state index in [1.54, 1.807) is 7.11 Å². The fraction of sp³-hybridized carbons (Fsp3) is 0.500. The maximum atomic E-state index is 6.82. The van der Waals surface area contributed by atoms with E-state index in [2.05, 4.69) is 45.9 Å². The van der Waals surface area contributed by atoms with Gasteiger partial charge in [-0.3, -0.25) is 4.90 Å². The zero-order valence-electron chi connectivity index (χ0n) is 21.2. The minimum absolute atomic E-state index is 0.245. The number of ether oxygens (including phenoxy) is 3. The van der Waals surface area contributed by atoms with Crippen LogP contribution in [0.2, 0.25) is 0 Å².